The van der Waals surface area contributed by atoms with Gasteiger partial charge in [-0.1, -0.05) is 52.3 Å². The first-order valence-corrected chi connectivity index (χ1v) is 8.26. The zero-order chi connectivity index (χ0) is 14.4. The highest BCUT2D eigenvalue weighted by Crippen LogP contribution is 2.41. The Hall–Kier alpha value is -1.61. The molecule has 106 valence electrons. The third kappa shape index (κ3) is 2.30. The third-order valence-electron chi connectivity index (χ3n) is 4.57. The lowest BCUT2D eigenvalue weighted by Gasteiger charge is -2.18. The summed E-state index contributed by atoms with van der Waals surface area (Å²) < 4.78 is 0. The summed E-state index contributed by atoms with van der Waals surface area (Å²) in [5.41, 5.74) is 6.33. The number of alkyl halides is 1. The van der Waals surface area contributed by atoms with Crippen molar-refractivity contribution in [3.05, 3.63) is 64.7 Å². The Kier molecular flexibility index (Phi) is 3.11. The van der Waals surface area contributed by atoms with Gasteiger partial charge in [0.25, 0.3) is 0 Å². The molecule has 0 spiro atoms. The van der Waals surface area contributed by atoms with Gasteiger partial charge in [-0.2, -0.15) is 0 Å². The Labute approximate surface area is 132 Å². The molecule has 1 atom stereocenters. The molecule has 2 nitrogen and oxygen atoms in total. The molecule has 0 aromatic heterocycles. The first-order valence-electron chi connectivity index (χ1n) is 7.34. The Morgan fingerprint density at radius 1 is 1.05 bits per heavy atom. The van der Waals surface area contributed by atoms with Crippen LogP contribution >= 0.6 is 15.9 Å². The predicted octanol–water partition coefficient (Wildman–Crippen LogP) is 4.03. The molecular formula is C18H16BrNO. The zero-order valence-electron chi connectivity index (χ0n) is 11.6. The fraction of sp³-hybridized carbons (Fsp3) is 0.278. The van der Waals surface area contributed by atoms with Crippen LogP contribution in [0, 0.1) is 5.92 Å². The summed E-state index contributed by atoms with van der Waals surface area (Å²) in [5, 5.41) is 2.89. The van der Waals surface area contributed by atoms with Crippen LogP contribution in [-0.2, 0) is 24.1 Å². The molecule has 1 heterocycles. The summed E-state index contributed by atoms with van der Waals surface area (Å²) in [6, 6.07) is 15.1. The van der Waals surface area contributed by atoms with Crippen LogP contribution in [0.1, 0.15) is 27.1 Å². The Bertz CT molecular complexity index is 700. The van der Waals surface area contributed by atoms with Crippen LogP contribution in [0.15, 0.2) is 42.5 Å². The maximum atomic E-state index is 11.5. The minimum Gasteiger partial charge on any atom is -0.326 e. The van der Waals surface area contributed by atoms with E-state index in [9.17, 15) is 4.79 Å². The maximum absolute atomic E-state index is 11.5. The van der Waals surface area contributed by atoms with E-state index in [1.165, 1.54) is 16.7 Å². The second-order valence-corrected chi connectivity index (χ2v) is 6.97. The number of amides is 1. The van der Waals surface area contributed by atoms with Crippen LogP contribution in [-0.4, -0.2) is 5.91 Å². The monoisotopic (exact) mass is 341 g/mol. The molecule has 1 aliphatic heterocycles. The lowest BCUT2D eigenvalue weighted by Crippen LogP contribution is -2.08. The summed E-state index contributed by atoms with van der Waals surface area (Å²) >= 11 is 3.89. The maximum Gasteiger partial charge on any atom is 0.228 e. The second-order valence-electron chi connectivity index (χ2n) is 5.98. The smallest absolute Gasteiger partial charge is 0.228 e. The first-order chi connectivity index (χ1) is 10.2. The van der Waals surface area contributed by atoms with E-state index < -0.39 is 0 Å². The van der Waals surface area contributed by atoms with Gasteiger partial charge in [-0.3, -0.25) is 4.79 Å². The highest BCUT2D eigenvalue weighted by molar-refractivity contribution is 9.09. The number of carbonyl (C=O) groups excluding carboxylic acids is 1. The molecule has 0 saturated heterocycles. The van der Waals surface area contributed by atoms with E-state index in [-0.39, 0.29) is 5.91 Å². The molecule has 0 bridgehead atoms. The SMILES string of the molecule is O=C1Cc2cc(C(Br)C3Cc4ccccc4C3)ccc2N1. The standard InChI is InChI=1S/C18H16BrNO/c19-18(15-7-11-3-1-2-4-12(11)8-15)13-5-6-16-14(9-13)10-17(21)20-16/h1-6,9,15,18H,7-8,10H2,(H,20,21). The molecule has 0 saturated carbocycles. The minimum atomic E-state index is 0.0987. The van der Waals surface area contributed by atoms with Gasteiger partial charge in [-0.15, -0.1) is 0 Å². The number of halogens is 1. The molecule has 1 N–H and O–H groups in total. The second kappa shape index (κ2) is 4.99. The molecule has 2 aromatic carbocycles. The van der Waals surface area contributed by atoms with Crippen molar-refractivity contribution < 1.29 is 4.79 Å². The number of hydrogen-bond donors (Lipinski definition) is 1. The molecule has 0 radical (unpaired) electrons. The van der Waals surface area contributed by atoms with Gasteiger partial charge >= 0.3 is 0 Å². The molecular weight excluding hydrogens is 326 g/mol. The number of rotatable bonds is 2. The summed E-state index contributed by atoms with van der Waals surface area (Å²) in [5.74, 6) is 0.687. The summed E-state index contributed by atoms with van der Waals surface area (Å²) in [6.45, 7) is 0. The average molecular weight is 342 g/mol. The lowest BCUT2D eigenvalue weighted by molar-refractivity contribution is -0.115. The van der Waals surface area contributed by atoms with E-state index in [0.29, 0.717) is 17.2 Å². The molecule has 4 rings (SSSR count). The van der Waals surface area contributed by atoms with Gasteiger partial charge in [-0.05, 0) is 47.1 Å². The van der Waals surface area contributed by atoms with E-state index in [1.807, 2.05) is 6.07 Å². The van der Waals surface area contributed by atoms with Crippen molar-refractivity contribution in [2.75, 3.05) is 5.32 Å². The molecule has 3 heteroatoms. The molecule has 2 aromatic rings. The summed E-state index contributed by atoms with van der Waals surface area (Å²) in [4.78, 5) is 11.8. The molecule has 1 unspecified atom stereocenters. The number of benzene rings is 2. The fourth-order valence-corrected chi connectivity index (χ4v) is 4.15. The van der Waals surface area contributed by atoms with Crippen LogP contribution in [0.3, 0.4) is 0 Å². The van der Waals surface area contributed by atoms with E-state index in [2.05, 4.69) is 57.6 Å². The van der Waals surface area contributed by atoms with Gasteiger partial charge in [0, 0.05) is 10.5 Å². The highest BCUT2D eigenvalue weighted by atomic mass is 79.9. The number of anilines is 1. The molecule has 1 amide bonds. The minimum absolute atomic E-state index is 0.0987. The summed E-state index contributed by atoms with van der Waals surface area (Å²) in [7, 11) is 0. The summed E-state index contributed by atoms with van der Waals surface area (Å²) in [6.07, 6.45) is 2.76. The zero-order valence-corrected chi connectivity index (χ0v) is 13.2. The van der Waals surface area contributed by atoms with Crippen LogP contribution in [0.4, 0.5) is 5.69 Å². The van der Waals surface area contributed by atoms with Crippen LogP contribution in [0.2, 0.25) is 0 Å². The van der Waals surface area contributed by atoms with Crippen LogP contribution < -0.4 is 5.32 Å². The predicted molar refractivity (Wildman–Crippen MR) is 87.8 cm³/mol. The number of fused-ring (bicyclic) bond motifs is 2. The van der Waals surface area contributed by atoms with Gasteiger partial charge in [0.1, 0.15) is 0 Å². The van der Waals surface area contributed by atoms with Crippen molar-refractivity contribution in [3.63, 3.8) is 0 Å². The van der Waals surface area contributed by atoms with Gasteiger partial charge in [0.05, 0.1) is 6.42 Å². The lowest BCUT2D eigenvalue weighted by atomic mass is 9.95. The molecule has 21 heavy (non-hydrogen) atoms. The van der Waals surface area contributed by atoms with Gasteiger partial charge in [0.2, 0.25) is 5.91 Å². The Balaban J connectivity index is 1.58. The van der Waals surface area contributed by atoms with Gasteiger partial charge in [-0.25, -0.2) is 0 Å². The third-order valence-corrected chi connectivity index (χ3v) is 5.85. The van der Waals surface area contributed by atoms with Crippen LogP contribution in [0.25, 0.3) is 0 Å². The van der Waals surface area contributed by atoms with Crippen LogP contribution in [0.5, 0.6) is 0 Å². The molecule has 0 fully saturated rings. The largest absolute Gasteiger partial charge is 0.326 e. The van der Waals surface area contributed by atoms with E-state index in [4.69, 9.17) is 0 Å². The Morgan fingerprint density at radius 3 is 2.48 bits per heavy atom. The van der Waals surface area contributed by atoms with Crippen molar-refractivity contribution in [1.82, 2.24) is 0 Å². The number of hydrogen-bond acceptors (Lipinski definition) is 1. The van der Waals surface area contributed by atoms with Gasteiger partial charge < -0.3 is 5.32 Å². The van der Waals surface area contributed by atoms with E-state index in [0.717, 1.165) is 24.1 Å². The number of nitrogens with one attached hydrogen (secondary N) is 1. The Morgan fingerprint density at radius 2 is 1.76 bits per heavy atom. The average Bonchev–Trinajstić information content (AvgIpc) is 3.07. The van der Waals surface area contributed by atoms with Crippen molar-refractivity contribution in [2.45, 2.75) is 24.1 Å². The highest BCUT2D eigenvalue weighted by Gasteiger charge is 2.29. The quantitative estimate of drug-likeness (QED) is 0.821. The van der Waals surface area contributed by atoms with Crippen molar-refractivity contribution in [1.29, 1.82) is 0 Å². The number of carbonyl (C=O) groups is 1. The molecule has 1 aliphatic carbocycles. The van der Waals surface area contributed by atoms with Crippen molar-refractivity contribution in [3.8, 4) is 0 Å². The normalized spacial score (nSPS) is 18.2. The fourth-order valence-electron chi connectivity index (χ4n) is 3.49. The van der Waals surface area contributed by atoms with Crippen molar-refractivity contribution in [2.24, 2.45) is 5.92 Å². The van der Waals surface area contributed by atoms with Crippen molar-refractivity contribution >= 4 is 27.5 Å². The topological polar surface area (TPSA) is 29.1 Å². The van der Waals surface area contributed by atoms with E-state index >= 15 is 0 Å². The molecule has 2 aliphatic rings. The van der Waals surface area contributed by atoms with E-state index in [1.54, 1.807) is 0 Å². The van der Waals surface area contributed by atoms with Gasteiger partial charge in [0.15, 0.2) is 0 Å². The first kappa shape index (κ1) is 13.1.